The topological polar surface area (TPSA) is 29.1 Å². The maximum absolute atomic E-state index is 12.1. The maximum atomic E-state index is 12.1. The van der Waals surface area contributed by atoms with E-state index in [1.165, 1.54) is 0 Å². The molecule has 1 aliphatic heterocycles. The number of carbonyl (C=O) groups is 1. The number of rotatable bonds is 2. The van der Waals surface area contributed by atoms with Crippen molar-refractivity contribution in [1.29, 1.82) is 0 Å². The summed E-state index contributed by atoms with van der Waals surface area (Å²) in [5.41, 5.74) is 1.13. The number of piperidine rings is 1. The minimum absolute atomic E-state index is 0.209. The van der Waals surface area contributed by atoms with Gasteiger partial charge in [0.15, 0.2) is 5.78 Å². The van der Waals surface area contributed by atoms with Gasteiger partial charge in [-0.1, -0.05) is 0 Å². The standard InChI is InChI=1S/C11H15NOS/c1-8-4-6-14-11(8)10(13)9-3-2-5-12-7-9/h4,6,9,12H,2-3,5,7H2,1H3. The Morgan fingerprint density at radius 1 is 1.64 bits per heavy atom. The van der Waals surface area contributed by atoms with Crippen molar-refractivity contribution < 1.29 is 4.79 Å². The molecule has 1 saturated heterocycles. The van der Waals surface area contributed by atoms with Crippen molar-refractivity contribution in [2.75, 3.05) is 13.1 Å². The van der Waals surface area contributed by atoms with E-state index in [1.54, 1.807) is 11.3 Å². The summed E-state index contributed by atoms with van der Waals surface area (Å²) in [6, 6.07) is 2.02. The highest BCUT2D eigenvalue weighted by Gasteiger charge is 2.23. The molecule has 1 fully saturated rings. The van der Waals surface area contributed by atoms with Crippen LogP contribution in [-0.4, -0.2) is 18.9 Å². The van der Waals surface area contributed by atoms with Gasteiger partial charge in [0.2, 0.25) is 0 Å². The average Bonchev–Trinajstić information content (AvgIpc) is 2.65. The first-order valence-corrected chi connectivity index (χ1v) is 5.96. The van der Waals surface area contributed by atoms with Gasteiger partial charge in [0, 0.05) is 12.5 Å². The molecule has 2 nitrogen and oxygen atoms in total. The summed E-state index contributed by atoms with van der Waals surface area (Å²) in [7, 11) is 0. The molecule has 0 aliphatic carbocycles. The predicted octanol–water partition coefficient (Wildman–Crippen LogP) is 2.24. The molecule has 1 aromatic rings. The number of thiophene rings is 1. The Kier molecular flexibility index (Phi) is 2.99. The van der Waals surface area contributed by atoms with Crippen molar-refractivity contribution in [3.63, 3.8) is 0 Å². The van der Waals surface area contributed by atoms with Gasteiger partial charge in [0.25, 0.3) is 0 Å². The second-order valence-corrected chi connectivity index (χ2v) is 4.76. The second-order valence-electron chi connectivity index (χ2n) is 3.84. The number of hydrogen-bond donors (Lipinski definition) is 1. The van der Waals surface area contributed by atoms with Crippen molar-refractivity contribution in [3.8, 4) is 0 Å². The van der Waals surface area contributed by atoms with Gasteiger partial charge in [0.1, 0.15) is 0 Å². The molecule has 1 aromatic heterocycles. The fourth-order valence-corrected chi connectivity index (χ4v) is 2.83. The molecule has 2 rings (SSSR count). The van der Waals surface area contributed by atoms with Gasteiger partial charge in [0.05, 0.1) is 4.88 Å². The van der Waals surface area contributed by atoms with E-state index in [4.69, 9.17) is 0 Å². The van der Waals surface area contributed by atoms with E-state index >= 15 is 0 Å². The molecule has 0 spiro atoms. The molecule has 0 saturated carbocycles. The summed E-state index contributed by atoms with van der Waals surface area (Å²) in [5, 5.41) is 5.28. The zero-order valence-electron chi connectivity index (χ0n) is 8.38. The lowest BCUT2D eigenvalue weighted by atomic mass is 9.93. The van der Waals surface area contributed by atoms with Crippen LogP contribution in [0, 0.1) is 12.8 Å². The molecule has 2 heterocycles. The fourth-order valence-electron chi connectivity index (χ4n) is 1.89. The molecule has 76 valence electrons. The Balaban J connectivity index is 2.11. The minimum Gasteiger partial charge on any atom is -0.316 e. The Morgan fingerprint density at radius 3 is 3.07 bits per heavy atom. The van der Waals surface area contributed by atoms with Gasteiger partial charge < -0.3 is 5.32 Å². The molecule has 1 unspecified atom stereocenters. The zero-order chi connectivity index (χ0) is 9.97. The third-order valence-electron chi connectivity index (χ3n) is 2.75. The van der Waals surface area contributed by atoms with Gasteiger partial charge in [-0.15, -0.1) is 11.3 Å². The van der Waals surface area contributed by atoms with Crippen LogP contribution in [0.25, 0.3) is 0 Å². The van der Waals surface area contributed by atoms with E-state index in [-0.39, 0.29) is 5.92 Å². The maximum Gasteiger partial charge on any atom is 0.177 e. The number of Topliss-reactive ketones (excluding diaryl/α,β-unsaturated/α-hetero) is 1. The molecule has 3 heteroatoms. The molecule has 0 amide bonds. The SMILES string of the molecule is Cc1ccsc1C(=O)C1CCCNC1. The van der Waals surface area contributed by atoms with Crippen molar-refractivity contribution in [2.24, 2.45) is 5.92 Å². The Labute approximate surface area is 88.3 Å². The summed E-state index contributed by atoms with van der Waals surface area (Å²) in [4.78, 5) is 13.0. The highest BCUT2D eigenvalue weighted by molar-refractivity contribution is 7.12. The Bertz CT molecular complexity index is 326. The van der Waals surface area contributed by atoms with Crippen LogP contribution in [0.15, 0.2) is 11.4 Å². The van der Waals surface area contributed by atoms with E-state index in [2.05, 4.69) is 5.32 Å². The van der Waals surface area contributed by atoms with Gasteiger partial charge in [-0.05, 0) is 43.3 Å². The van der Waals surface area contributed by atoms with E-state index < -0.39 is 0 Å². The first-order chi connectivity index (χ1) is 6.79. The Hall–Kier alpha value is -0.670. The molecule has 0 radical (unpaired) electrons. The van der Waals surface area contributed by atoms with Crippen molar-refractivity contribution >= 4 is 17.1 Å². The Morgan fingerprint density at radius 2 is 2.50 bits per heavy atom. The van der Waals surface area contributed by atoms with E-state index in [1.807, 2.05) is 18.4 Å². The zero-order valence-corrected chi connectivity index (χ0v) is 9.19. The molecule has 14 heavy (non-hydrogen) atoms. The fraction of sp³-hybridized carbons (Fsp3) is 0.545. The van der Waals surface area contributed by atoms with Gasteiger partial charge in [-0.3, -0.25) is 4.79 Å². The van der Waals surface area contributed by atoms with E-state index in [0.717, 1.165) is 36.4 Å². The number of aryl methyl sites for hydroxylation is 1. The lowest BCUT2D eigenvalue weighted by Crippen LogP contribution is -2.34. The van der Waals surface area contributed by atoms with Crippen LogP contribution in [0.1, 0.15) is 28.1 Å². The minimum atomic E-state index is 0.209. The first kappa shape index (κ1) is 9.87. The summed E-state index contributed by atoms with van der Waals surface area (Å²) in [6.07, 6.45) is 2.17. The lowest BCUT2D eigenvalue weighted by Gasteiger charge is -2.21. The molecular formula is C11H15NOS. The molecular weight excluding hydrogens is 194 g/mol. The molecule has 0 bridgehead atoms. The third-order valence-corrected chi connectivity index (χ3v) is 3.78. The first-order valence-electron chi connectivity index (χ1n) is 5.08. The normalized spacial score (nSPS) is 22.2. The van der Waals surface area contributed by atoms with Gasteiger partial charge in [-0.25, -0.2) is 0 Å². The highest BCUT2D eigenvalue weighted by Crippen LogP contribution is 2.23. The highest BCUT2D eigenvalue weighted by atomic mass is 32.1. The second kappa shape index (κ2) is 4.24. The summed E-state index contributed by atoms with van der Waals surface area (Å²) in [6.45, 7) is 3.93. The van der Waals surface area contributed by atoms with Crippen LogP contribution < -0.4 is 5.32 Å². The third kappa shape index (κ3) is 1.88. The van der Waals surface area contributed by atoms with Crippen LogP contribution in [-0.2, 0) is 0 Å². The summed E-state index contributed by atoms with van der Waals surface area (Å²) >= 11 is 1.57. The molecule has 1 N–H and O–H groups in total. The summed E-state index contributed by atoms with van der Waals surface area (Å²) < 4.78 is 0. The van der Waals surface area contributed by atoms with Crippen LogP contribution in [0.4, 0.5) is 0 Å². The van der Waals surface area contributed by atoms with Crippen LogP contribution in [0.3, 0.4) is 0 Å². The quantitative estimate of drug-likeness (QED) is 0.757. The van der Waals surface area contributed by atoms with Crippen LogP contribution in [0.2, 0.25) is 0 Å². The van der Waals surface area contributed by atoms with Gasteiger partial charge >= 0.3 is 0 Å². The van der Waals surface area contributed by atoms with Crippen LogP contribution >= 0.6 is 11.3 Å². The van der Waals surface area contributed by atoms with E-state index in [0.29, 0.717) is 5.78 Å². The largest absolute Gasteiger partial charge is 0.316 e. The number of nitrogens with one attached hydrogen (secondary N) is 1. The average molecular weight is 209 g/mol. The number of hydrogen-bond acceptors (Lipinski definition) is 3. The lowest BCUT2D eigenvalue weighted by molar-refractivity contribution is 0.0903. The monoisotopic (exact) mass is 209 g/mol. The number of carbonyl (C=O) groups excluding carboxylic acids is 1. The summed E-state index contributed by atoms with van der Waals surface area (Å²) in [5.74, 6) is 0.547. The van der Waals surface area contributed by atoms with Crippen LogP contribution in [0.5, 0.6) is 0 Å². The van der Waals surface area contributed by atoms with Crippen molar-refractivity contribution in [2.45, 2.75) is 19.8 Å². The van der Waals surface area contributed by atoms with Crippen molar-refractivity contribution in [3.05, 3.63) is 21.9 Å². The molecule has 1 aliphatic rings. The molecule has 1 atom stereocenters. The molecule has 0 aromatic carbocycles. The van der Waals surface area contributed by atoms with Gasteiger partial charge in [-0.2, -0.15) is 0 Å². The number of ketones is 1. The van der Waals surface area contributed by atoms with Crippen molar-refractivity contribution in [1.82, 2.24) is 5.32 Å². The smallest absolute Gasteiger partial charge is 0.177 e. The predicted molar refractivity (Wildman–Crippen MR) is 59.0 cm³/mol. The van der Waals surface area contributed by atoms with E-state index in [9.17, 15) is 4.79 Å².